The van der Waals surface area contributed by atoms with Crippen molar-refractivity contribution >= 4 is 45.1 Å². The summed E-state index contributed by atoms with van der Waals surface area (Å²) >= 11 is 1.45. The van der Waals surface area contributed by atoms with Gasteiger partial charge < -0.3 is 14.8 Å². The summed E-state index contributed by atoms with van der Waals surface area (Å²) in [7, 11) is 0. The Kier molecular flexibility index (Phi) is 4.58. The molecule has 1 atom stereocenters. The van der Waals surface area contributed by atoms with Crippen LogP contribution < -0.4 is 14.8 Å². The summed E-state index contributed by atoms with van der Waals surface area (Å²) in [5, 5.41) is 5.05. The zero-order valence-electron chi connectivity index (χ0n) is 17.3. The first-order valence-electron chi connectivity index (χ1n) is 10.6. The normalized spacial score (nSPS) is 19.9. The summed E-state index contributed by atoms with van der Waals surface area (Å²) in [6.07, 6.45) is 1.39. The maximum atomic E-state index is 14.1. The van der Waals surface area contributed by atoms with Crippen LogP contribution in [0, 0.1) is 0 Å². The average molecular weight is 552 g/mol. The number of alkyl halides is 2. The van der Waals surface area contributed by atoms with E-state index in [1.54, 1.807) is 18.2 Å². The van der Waals surface area contributed by atoms with Crippen molar-refractivity contribution in [1.29, 1.82) is 0 Å². The van der Waals surface area contributed by atoms with E-state index in [-0.39, 0.29) is 5.91 Å². The molecule has 164 valence electrons. The average Bonchev–Trinajstić information content (AvgIpc) is 3.56. The number of carbonyl (C=O) groups is 1. The minimum Gasteiger partial charge on any atom is -0.415 e. The molecule has 5 nitrogen and oxygen atoms in total. The fourth-order valence-electron chi connectivity index (χ4n) is 4.33. The van der Waals surface area contributed by atoms with Crippen LogP contribution in [-0.4, -0.2) is 14.9 Å². The monoisotopic (exact) mass is 552 g/mol. The Morgan fingerprint density at radius 3 is 2.45 bits per heavy atom. The summed E-state index contributed by atoms with van der Waals surface area (Å²) in [6.45, 7) is 0. The topological polar surface area (TPSA) is 60.5 Å². The minimum atomic E-state index is -2.22. The van der Waals surface area contributed by atoms with Crippen LogP contribution in [0.1, 0.15) is 18.4 Å². The number of rotatable bonds is 4. The number of carbonyl (C=O) groups excluding carboxylic acids is 1. The summed E-state index contributed by atoms with van der Waals surface area (Å²) in [5.41, 5.74) is 1.89. The van der Waals surface area contributed by atoms with Crippen molar-refractivity contribution in [2.24, 2.45) is 0 Å². The van der Waals surface area contributed by atoms with Gasteiger partial charge in [0.1, 0.15) is 5.82 Å². The molecule has 0 saturated heterocycles. The molecule has 1 amide bonds. The molecule has 0 bridgehead atoms. The number of anilines is 1. The van der Waals surface area contributed by atoms with Gasteiger partial charge in [-0.05, 0) is 42.0 Å². The van der Waals surface area contributed by atoms with Crippen LogP contribution in [0.15, 0.2) is 78.9 Å². The number of hydrogen-bond acceptors (Lipinski definition) is 4. The largest absolute Gasteiger partial charge is 0.462 e. The first-order valence-corrected chi connectivity index (χ1v) is 11.7. The molecule has 1 N–H and O–H groups in total. The molecule has 0 spiro atoms. The van der Waals surface area contributed by atoms with Crippen molar-refractivity contribution in [3.63, 3.8) is 0 Å². The van der Waals surface area contributed by atoms with Crippen molar-refractivity contribution in [3.8, 4) is 22.8 Å². The number of ether oxygens (including phenoxy) is 2. The SMILES string of the molecule is O=C(Nc1cc2ccccc2c(-c2ccccc2)n1)C1(c2ccc3c(c2)OC(F)(I)O3)CC1. The van der Waals surface area contributed by atoms with Crippen LogP contribution in [0.5, 0.6) is 11.5 Å². The second-order valence-electron chi connectivity index (χ2n) is 8.31. The third-order valence-corrected chi connectivity index (χ3v) is 6.61. The van der Waals surface area contributed by atoms with Crippen molar-refractivity contribution < 1.29 is 18.7 Å². The highest BCUT2D eigenvalue weighted by Gasteiger charge is 2.52. The fraction of sp³-hybridized carbons (Fsp3) is 0.154. The maximum absolute atomic E-state index is 14.1. The van der Waals surface area contributed by atoms with E-state index in [9.17, 15) is 9.18 Å². The molecular formula is C26H18FIN2O3. The van der Waals surface area contributed by atoms with Gasteiger partial charge in [-0.1, -0.05) is 60.7 Å². The third kappa shape index (κ3) is 3.60. The number of nitrogens with zero attached hydrogens (tertiary/aromatic N) is 1. The first kappa shape index (κ1) is 20.4. The molecule has 1 aromatic heterocycles. The third-order valence-electron chi connectivity index (χ3n) is 6.17. The second kappa shape index (κ2) is 7.41. The van der Waals surface area contributed by atoms with Gasteiger partial charge in [0.2, 0.25) is 5.91 Å². The Bertz CT molecular complexity index is 1400. The fourth-order valence-corrected chi connectivity index (χ4v) is 4.81. The van der Waals surface area contributed by atoms with E-state index in [0.717, 1.165) is 27.6 Å². The quantitative estimate of drug-likeness (QED) is 0.237. The van der Waals surface area contributed by atoms with Crippen LogP contribution in [0.4, 0.5) is 10.2 Å². The predicted octanol–water partition coefficient (Wildman–Crippen LogP) is 6.36. The lowest BCUT2D eigenvalue weighted by Gasteiger charge is -2.17. The van der Waals surface area contributed by atoms with Crippen molar-refractivity contribution in [2.45, 2.75) is 22.3 Å². The van der Waals surface area contributed by atoms with E-state index < -0.39 is 9.46 Å². The van der Waals surface area contributed by atoms with E-state index in [1.165, 1.54) is 22.6 Å². The molecule has 2 aliphatic rings. The smallest absolute Gasteiger partial charge is 0.415 e. The van der Waals surface area contributed by atoms with E-state index >= 15 is 0 Å². The summed E-state index contributed by atoms with van der Waals surface area (Å²) < 4.78 is 22.2. The zero-order valence-corrected chi connectivity index (χ0v) is 19.5. The number of pyridine rings is 1. The zero-order chi connectivity index (χ0) is 22.6. The Morgan fingerprint density at radius 2 is 1.67 bits per heavy atom. The van der Waals surface area contributed by atoms with Gasteiger partial charge in [0.25, 0.3) is 0 Å². The van der Waals surface area contributed by atoms with Gasteiger partial charge in [-0.2, -0.15) is 0 Å². The summed E-state index contributed by atoms with van der Waals surface area (Å²) in [6, 6.07) is 25.0. The molecule has 1 unspecified atom stereocenters. The molecule has 1 aliphatic carbocycles. The van der Waals surface area contributed by atoms with Crippen LogP contribution in [0.25, 0.3) is 22.0 Å². The van der Waals surface area contributed by atoms with Crippen LogP contribution in [0.3, 0.4) is 0 Å². The highest BCUT2D eigenvalue weighted by Crippen LogP contribution is 2.52. The van der Waals surface area contributed by atoms with Gasteiger partial charge in [0.05, 0.1) is 33.7 Å². The highest BCUT2D eigenvalue weighted by atomic mass is 127. The van der Waals surface area contributed by atoms with Gasteiger partial charge in [0, 0.05) is 10.9 Å². The number of halogens is 2. The van der Waals surface area contributed by atoms with Crippen molar-refractivity contribution in [2.75, 3.05) is 5.32 Å². The lowest BCUT2D eigenvalue weighted by molar-refractivity contribution is -0.118. The summed E-state index contributed by atoms with van der Waals surface area (Å²) in [5.74, 6) is 0.998. The van der Waals surface area contributed by atoms with Crippen molar-refractivity contribution in [1.82, 2.24) is 4.98 Å². The van der Waals surface area contributed by atoms with Crippen LogP contribution in [0.2, 0.25) is 0 Å². The Hall–Kier alpha value is -3.20. The van der Waals surface area contributed by atoms with Gasteiger partial charge in [-0.3, -0.25) is 4.79 Å². The molecule has 7 heteroatoms. The highest BCUT2D eigenvalue weighted by molar-refractivity contribution is 14.1. The van der Waals surface area contributed by atoms with E-state index in [2.05, 4.69) is 5.32 Å². The number of nitrogens with one attached hydrogen (secondary N) is 1. The number of benzene rings is 3. The van der Waals surface area contributed by atoms with Crippen LogP contribution in [-0.2, 0) is 10.2 Å². The molecule has 4 aromatic rings. The lowest BCUT2D eigenvalue weighted by Crippen LogP contribution is -2.28. The lowest BCUT2D eigenvalue weighted by atomic mass is 9.94. The number of hydrogen-bond donors (Lipinski definition) is 1. The molecule has 2 heterocycles. The molecule has 0 radical (unpaired) electrons. The van der Waals surface area contributed by atoms with Gasteiger partial charge in [-0.15, -0.1) is 4.39 Å². The van der Waals surface area contributed by atoms with Gasteiger partial charge in [-0.25, -0.2) is 4.98 Å². The number of fused-ring (bicyclic) bond motifs is 2. The second-order valence-corrected chi connectivity index (χ2v) is 9.60. The molecule has 6 rings (SSSR count). The van der Waals surface area contributed by atoms with Gasteiger partial charge >= 0.3 is 4.05 Å². The minimum absolute atomic E-state index is 0.135. The van der Waals surface area contributed by atoms with E-state index in [4.69, 9.17) is 14.5 Å². The standard InChI is InChI=1S/C26H18FIN2O3/c27-26(28)32-20-11-10-18(15-21(20)33-26)25(12-13-25)24(31)30-22-14-17-8-4-5-9-19(17)23(29-22)16-6-2-1-3-7-16/h1-11,14-15H,12-13H2,(H,29,30,31). The Labute approximate surface area is 203 Å². The van der Waals surface area contributed by atoms with E-state index in [1.807, 2.05) is 60.7 Å². The van der Waals surface area contributed by atoms with Crippen molar-refractivity contribution in [3.05, 3.63) is 84.4 Å². The molecule has 33 heavy (non-hydrogen) atoms. The number of amides is 1. The van der Waals surface area contributed by atoms with Gasteiger partial charge in [0.15, 0.2) is 11.5 Å². The van der Waals surface area contributed by atoms with E-state index in [0.29, 0.717) is 30.2 Å². The summed E-state index contributed by atoms with van der Waals surface area (Å²) in [4.78, 5) is 18.2. The molecule has 1 saturated carbocycles. The molecule has 1 aliphatic heterocycles. The Morgan fingerprint density at radius 1 is 0.939 bits per heavy atom. The first-order chi connectivity index (χ1) is 15.9. The molecular weight excluding hydrogens is 534 g/mol. The Balaban J connectivity index is 1.34. The van der Waals surface area contributed by atoms with Crippen LogP contribution >= 0.6 is 22.6 Å². The maximum Gasteiger partial charge on any atom is 0.462 e. The molecule has 3 aromatic carbocycles. The predicted molar refractivity (Wildman–Crippen MR) is 132 cm³/mol. The molecule has 1 fully saturated rings. The number of aromatic nitrogens is 1.